The summed E-state index contributed by atoms with van der Waals surface area (Å²) in [5.41, 5.74) is -0.328. The lowest BCUT2D eigenvalue weighted by atomic mass is 10.1. The summed E-state index contributed by atoms with van der Waals surface area (Å²) in [5.74, 6) is -2.45. The van der Waals surface area contributed by atoms with E-state index >= 15 is 0 Å². The van der Waals surface area contributed by atoms with Gasteiger partial charge in [-0.2, -0.15) is 0 Å². The fourth-order valence-electron chi connectivity index (χ4n) is 0.868. The smallest absolute Gasteiger partial charge is 0.336 e. The fraction of sp³-hybridized carbons (Fsp3) is 0. The number of rotatable bonds is 2. The molecule has 0 radical (unpaired) electrons. The predicted molar refractivity (Wildman–Crippen MR) is 53.1 cm³/mol. The van der Waals surface area contributed by atoms with Gasteiger partial charge in [-0.3, -0.25) is 0 Å². The molecule has 0 aliphatic rings. The van der Waals surface area contributed by atoms with E-state index in [0.29, 0.717) is 0 Å². The number of hydrogen-bond acceptors (Lipinski definition) is 2. The first-order valence-corrected chi connectivity index (χ1v) is 4.56. The minimum absolute atomic E-state index is 0.0577. The van der Waals surface area contributed by atoms with Gasteiger partial charge in [-0.1, -0.05) is 11.6 Å². The van der Waals surface area contributed by atoms with Crippen molar-refractivity contribution in [2.75, 3.05) is 0 Å². The van der Waals surface area contributed by atoms with Gasteiger partial charge in [0.2, 0.25) is 0 Å². The highest BCUT2D eigenvalue weighted by Gasteiger charge is 2.15. The van der Waals surface area contributed by atoms with E-state index in [-0.39, 0.29) is 20.6 Å². The number of aromatic carboxylic acids is 2. The number of hydrogen-bond donors (Lipinski definition) is 2. The summed E-state index contributed by atoms with van der Waals surface area (Å²) in [6, 6.07) is 2.22. The van der Waals surface area contributed by atoms with E-state index in [4.69, 9.17) is 21.8 Å². The van der Waals surface area contributed by atoms with Gasteiger partial charge >= 0.3 is 11.9 Å². The van der Waals surface area contributed by atoms with Crippen molar-refractivity contribution in [2.24, 2.45) is 0 Å². The van der Waals surface area contributed by atoms with Crippen LogP contribution in [0.3, 0.4) is 0 Å². The normalized spacial score (nSPS) is 9.86. The third kappa shape index (κ3) is 2.05. The van der Waals surface area contributed by atoms with Gasteiger partial charge in [0.25, 0.3) is 0 Å². The summed E-state index contributed by atoms with van der Waals surface area (Å²) in [6.45, 7) is 0. The Bertz CT molecular complexity index is 416. The van der Waals surface area contributed by atoms with Crippen LogP contribution in [0.4, 0.5) is 0 Å². The van der Waals surface area contributed by atoms with Crippen molar-refractivity contribution in [3.05, 3.63) is 32.8 Å². The molecule has 0 atom stereocenters. The minimum atomic E-state index is -1.23. The van der Waals surface area contributed by atoms with Gasteiger partial charge < -0.3 is 10.2 Å². The Morgan fingerprint density at radius 1 is 1.21 bits per heavy atom. The quantitative estimate of drug-likeness (QED) is 0.872. The first-order valence-electron chi connectivity index (χ1n) is 3.39. The van der Waals surface area contributed by atoms with E-state index in [9.17, 15) is 9.59 Å². The molecule has 1 aromatic rings. The SMILES string of the molecule is O=C(O)c1cc(Cl)c(Br)c(C(=O)O)c1. The second-order valence-electron chi connectivity index (χ2n) is 2.43. The molecule has 0 saturated carbocycles. The first kappa shape index (κ1) is 11.0. The van der Waals surface area contributed by atoms with Gasteiger partial charge in [-0.25, -0.2) is 9.59 Å². The van der Waals surface area contributed by atoms with Crippen LogP contribution in [0.2, 0.25) is 5.02 Å². The molecule has 0 amide bonds. The summed E-state index contributed by atoms with van der Waals surface area (Å²) < 4.78 is 0.177. The maximum atomic E-state index is 10.7. The fourth-order valence-corrected chi connectivity index (χ4v) is 1.49. The van der Waals surface area contributed by atoms with Gasteiger partial charge in [-0.05, 0) is 28.1 Å². The Morgan fingerprint density at radius 2 is 1.79 bits per heavy atom. The minimum Gasteiger partial charge on any atom is -0.478 e. The molecule has 4 nitrogen and oxygen atoms in total. The molecule has 0 saturated heterocycles. The van der Waals surface area contributed by atoms with Crippen LogP contribution in [-0.2, 0) is 0 Å². The Labute approximate surface area is 92.2 Å². The largest absolute Gasteiger partial charge is 0.478 e. The van der Waals surface area contributed by atoms with Crippen molar-refractivity contribution < 1.29 is 19.8 Å². The second kappa shape index (κ2) is 3.98. The van der Waals surface area contributed by atoms with Crippen molar-refractivity contribution in [1.82, 2.24) is 0 Å². The summed E-state index contributed by atoms with van der Waals surface area (Å²) in [7, 11) is 0. The van der Waals surface area contributed by atoms with E-state index in [1.807, 2.05) is 0 Å². The molecule has 6 heteroatoms. The number of carboxylic acid groups (broad SMARTS) is 2. The zero-order valence-electron chi connectivity index (χ0n) is 6.62. The van der Waals surface area contributed by atoms with E-state index in [2.05, 4.69) is 15.9 Å². The number of halogens is 2. The van der Waals surface area contributed by atoms with Crippen LogP contribution in [0.1, 0.15) is 20.7 Å². The molecule has 1 aromatic carbocycles. The average molecular weight is 279 g/mol. The summed E-state index contributed by atoms with van der Waals surface area (Å²) in [4.78, 5) is 21.2. The molecule has 0 aliphatic carbocycles. The highest BCUT2D eigenvalue weighted by atomic mass is 79.9. The maximum absolute atomic E-state index is 10.7. The zero-order chi connectivity index (χ0) is 10.9. The highest BCUT2D eigenvalue weighted by Crippen LogP contribution is 2.28. The van der Waals surface area contributed by atoms with Crippen LogP contribution >= 0.6 is 27.5 Å². The molecular weight excluding hydrogens is 275 g/mol. The Hall–Kier alpha value is -1.07. The lowest BCUT2D eigenvalue weighted by molar-refractivity contribution is 0.0695. The van der Waals surface area contributed by atoms with Crippen LogP contribution in [-0.4, -0.2) is 22.2 Å². The van der Waals surface area contributed by atoms with Gasteiger partial charge in [0, 0.05) is 0 Å². The van der Waals surface area contributed by atoms with Crippen molar-refractivity contribution in [2.45, 2.75) is 0 Å². The lowest BCUT2D eigenvalue weighted by Crippen LogP contribution is -2.03. The Kier molecular flexibility index (Phi) is 3.13. The van der Waals surface area contributed by atoms with Crippen LogP contribution in [0, 0.1) is 0 Å². The predicted octanol–water partition coefficient (Wildman–Crippen LogP) is 2.50. The highest BCUT2D eigenvalue weighted by molar-refractivity contribution is 9.10. The molecule has 0 unspecified atom stereocenters. The van der Waals surface area contributed by atoms with Gasteiger partial charge in [0.1, 0.15) is 0 Å². The van der Waals surface area contributed by atoms with Crippen molar-refractivity contribution >= 4 is 39.5 Å². The third-order valence-corrected chi connectivity index (χ3v) is 2.89. The molecule has 14 heavy (non-hydrogen) atoms. The van der Waals surface area contributed by atoms with Gasteiger partial charge in [0.15, 0.2) is 0 Å². The number of carboxylic acids is 2. The first-order chi connectivity index (χ1) is 6.43. The summed E-state index contributed by atoms with van der Waals surface area (Å²) in [5, 5.41) is 17.4. The van der Waals surface area contributed by atoms with Crippen LogP contribution < -0.4 is 0 Å². The lowest BCUT2D eigenvalue weighted by Gasteiger charge is -2.03. The zero-order valence-corrected chi connectivity index (χ0v) is 8.96. The van der Waals surface area contributed by atoms with Crippen LogP contribution in [0.15, 0.2) is 16.6 Å². The summed E-state index contributed by atoms with van der Waals surface area (Å²) in [6.07, 6.45) is 0. The van der Waals surface area contributed by atoms with Crippen molar-refractivity contribution in [1.29, 1.82) is 0 Å². The molecule has 74 valence electrons. The van der Waals surface area contributed by atoms with E-state index in [1.54, 1.807) is 0 Å². The molecule has 0 fully saturated rings. The molecule has 1 rings (SSSR count). The molecular formula is C8H4BrClO4. The number of benzene rings is 1. The maximum Gasteiger partial charge on any atom is 0.336 e. The van der Waals surface area contributed by atoms with Gasteiger partial charge in [0.05, 0.1) is 20.6 Å². The molecule has 2 N–H and O–H groups in total. The Morgan fingerprint density at radius 3 is 2.21 bits per heavy atom. The summed E-state index contributed by atoms with van der Waals surface area (Å²) >= 11 is 8.59. The van der Waals surface area contributed by atoms with E-state index in [1.165, 1.54) is 6.07 Å². The van der Waals surface area contributed by atoms with Crippen LogP contribution in [0.5, 0.6) is 0 Å². The topological polar surface area (TPSA) is 74.6 Å². The Balaban J connectivity index is 3.43. The second-order valence-corrected chi connectivity index (χ2v) is 3.63. The molecule has 0 heterocycles. The third-order valence-electron chi connectivity index (χ3n) is 1.51. The monoisotopic (exact) mass is 278 g/mol. The molecule has 0 aromatic heterocycles. The van der Waals surface area contributed by atoms with E-state index in [0.717, 1.165) is 6.07 Å². The molecule has 0 spiro atoms. The average Bonchev–Trinajstić information content (AvgIpc) is 2.08. The van der Waals surface area contributed by atoms with Crippen molar-refractivity contribution in [3.8, 4) is 0 Å². The molecule has 0 aliphatic heterocycles. The van der Waals surface area contributed by atoms with Crippen LogP contribution in [0.25, 0.3) is 0 Å². The van der Waals surface area contributed by atoms with Crippen molar-refractivity contribution in [3.63, 3.8) is 0 Å². The molecule has 0 bridgehead atoms. The number of carbonyl (C=O) groups is 2. The van der Waals surface area contributed by atoms with E-state index < -0.39 is 11.9 Å². The standard InChI is InChI=1S/C8H4BrClO4/c9-6-4(8(13)14)1-3(7(11)12)2-5(6)10/h1-2H,(H,11,12)(H,13,14). The van der Waals surface area contributed by atoms with Gasteiger partial charge in [-0.15, -0.1) is 0 Å².